The van der Waals surface area contributed by atoms with Crippen molar-refractivity contribution in [2.45, 2.75) is 91.3 Å². The molecule has 4 saturated carbocycles. The molecule has 0 aromatic rings. The van der Waals surface area contributed by atoms with E-state index in [4.69, 9.17) is 4.74 Å². The molecule has 4 fully saturated rings. The molecular formula is C23H36O4. The van der Waals surface area contributed by atoms with E-state index in [1.165, 1.54) is 19.8 Å². The van der Waals surface area contributed by atoms with Crippen molar-refractivity contribution in [3.63, 3.8) is 0 Å². The Bertz CT molecular complexity index is 630. The van der Waals surface area contributed by atoms with Crippen molar-refractivity contribution < 1.29 is 19.4 Å². The third kappa shape index (κ3) is 2.81. The molecule has 4 aliphatic rings. The molecule has 4 heteroatoms. The van der Waals surface area contributed by atoms with Gasteiger partial charge in [0.25, 0.3) is 0 Å². The Balaban J connectivity index is 1.66. The van der Waals surface area contributed by atoms with Gasteiger partial charge in [0.1, 0.15) is 11.9 Å². The summed E-state index contributed by atoms with van der Waals surface area (Å²) in [5.74, 6) is 2.59. The van der Waals surface area contributed by atoms with Gasteiger partial charge in [-0.1, -0.05) is 13.8 Å². The Kier molecular flexibility index (Phi) is 4.73. The molecule has 0 radical (unpaired) electrons. The van der Waals surface area contributed by atoms with Crippen molar-refractivity contribution in [2.75, 3.05) is 0 Å². The Morgan fingerprint density at radius 3 is 2.37 bits per heavy atom. The minimum absolute atomic E-state index is 0.0382. The first-order valence-electron chi connectivity index (χ1n) is 11.0. The normalized spacial score (nSPS) is 51.7. The lowest BCUT2D eigenvalue weighted by molar-refractivity contribution is -0.201. The van der Waals surface area contributed by atoms with E-state index in [1.54, 1.807) is 6.92 Å². The standard InChI is InChI=1S/C23H36O4/c1-13(24)18-7-8-19-17-6-5-15-11-16(26)12-21(27-14(2)25)23(15,4)20(17)9-10-22(18,19)3/h15-21,26H,5-12H2,1-4H3/t15-,16-,17+,18+,19-,20-,21?,22+,23-/m0/s1. The molecule has 0 aromatic heterocycles. The van der Waals surface area contributed by atoms with Crippen LogP contribution in [0.1, 0.15) is 79.1 Å². The van der Waals surface area contributed by atoms with Crippen molar-refractivity contribution in [1.29, 1.82) is 0 Å². The first kappa shape index (κ1) is 19.4. The zero-order valence-electron chi connectivity index (χ0n) is 17.4. The van der Waals surface area contributed by atoms with Crippen LogP contribution < -0.4 is 0 Å². The van der Waals surface area contributed by atoms with Gasteiger partial charge in [0.15, 0.2) is 0 Å². The van der Waals surface area contributed by atoms with Gasteiger partial charge in [0.05, 0.1) is 6.10 Å². The van der Waals surface area contributed by atoms with E-state index >= 15 is 0 Å². The summed E-state index contributed by atoms with van der Waals surface area (Å²) in [5, 5.41) is 10.4. The van der Waals surface area contributed by atoms with Gasteiger partial charge < -0.3 is 9.84 Å². The van der Waals surface area contributed by atoms with Crippen LogP contribution in [0.15, 0.2) is 0 Å². The molecule has 4 nitrogen and oxygen atoms in total. The van der Waals surface area contributed by atoms with Gasteiger partial charge in [-0.3, -0.25) is 9.59 Å². The van der Waals surface area contributed by atoms with Gasteiger partial charge in [0.2, 0.25) is 0 Å². The number of carbonyl (C=O) groups is 2. The van der Waals surface area contributed by atoms with Gasteiger partial charge in [-0.25, -0.2) is 0 Å². The van der Waals surface area contributed by atoms with E-state index in [2.05, 4.69) is 13.8 Å². The van der Waals surface area contributed by atoms with Gasteiger partial charge in [0, 0.05) is 24.7 Å². The zero-order chi connectivity index (χ0) is 19.6. The molecule has 4 aliphatic carbocycles. The molecule has 0 bridgehead atoms. The quantitative estimate of drug-likeness (QED) is 0.736. The number of hydrogen-bond acceptors (Lipinski definition) is 4. The predicted molar refractivity (Wildman–Crippen MR) is 103 cm³/mol. The zero-order valence-corrected chi connectivity index (χ0v) is 17.4. The van der Waals surface area contributed by atoms with Gasteiger partial charge >= 0.3 is 5.97 Å². The highest BCUT2D eigenvalue weighted by Crippen LogP contribution is 2.67. The van der Waals surface area contributed by atoms with Crippen molar-refractivity contribution in [3.8, 4) is 0 Å². The van der Waals surface area contributed by atoms with Gasteiger partial charge in [-0.05, 0) is 81.0 Å². The maximum atomic E-state index is 12.3. The number of ether oxygens (including phenoxy) is 1. The average molecular weight is 377 g/mol. The highest BCUT2D eigenvalue weighted by Gasteiger charge is 2.63. The summed E-state index contributed by atoms with van der Waals surface area (Å²) in [6.45, 7) is 7.98. The van der Waals surface area contributed by atoms with Crippen molar-refractivity contribution >= 4 is 11.8 Å². The van der Waals surface area contributed by atoms with Crippen molar-refractivity contribution in [2.24, 2.45) is 40.4 Å². The minimum Gasteiger partial charge on any atom is -0.462 e. The van der Waals surface area contributed by atoms with Crippen LogP contribution in [0.2, 0.25) is 0 Å². The van der Waals surface area contributed by atoms with E-state index in [9.17, 15) is 14.7 Å². The number of esters is 1. The lowest BCUT2D eigenvalue weighted by atomic mass is 9.44. The van der Waals surface area contributed by atoms with E-state index in [-0.39, 0.29) is 34.9 Å². The number of aliphatic hydroxyl groups is 1. The second-order valence-electron chi connectivity index (χ2n) is 10.5. The lowest BCUT2D eigenvalue weighted by Crippen LogP contribution is -2.60. The van der Waals surface area contributed by atoms with Gasteiger partial charge in [-0.15, -0.1) is 0 Å². The number of hydrogen-bond donors (Lipinski definition) is 1. The smallest absolute Gasteiger partial charge is 0.302 e. The maximum Gasteiger partial charge on any atom is 0.302 e. The monoisotopic (exact) mass is 376 g/mol. The molecular weight excluding hydrogens is 340 g/mol. The summed E-state index contributed by atoms with van der Waals surface area (Å²) in [7, 11) is 0. The van der Waals surface area contributed by atoms with Crippen LogP contribution in [0.25, 0.3) is 0 Å². The molecule has 0 aromatic carbocycles. The first-order chi connectivity index (χ1) is 12.7. The Hall–Kier alpha value is -0.900. The molecule has 27 heavy (non-hydrogen) atoms. The van der Waals surface area contributed by atoms with E-state index in [0.29, 0.717) is 35.9 Å². The van der Waals surface area contributed by atoms with Crippen molar-refractivity contribution in [3.05, 3.63) is 0 Å². The summed E-state index contributed by atoms with van der Waals surface area (Å²) >= 11 is 0. The van der Waals surface area contributed by atoms with Crippen molar-refractivity contribution in [1.82, 2.24) is 0 Å². The van der Waals surface area contributed by atoms with Crippen LogP contribution in [0.4, 0.5) is 0 Å². The van der Waals surface area contributed by atoms with Crippen LogP contribution >= 0.6 is 0 Å². The number of aliphatic hydroxyl groups excluding tert-OH is 1. The maximum absolute atomic E-state index is 12.3. The second kappa shape index (κ2) is 6.57. The minimum atomic E-state index is -0.355. The van der Waals surface area contributed by atoms with Crippen LogP contribution in [0.5, 0.6) is 0 Å². The summed E-state index contributed by atoms with van der Waals surface area (Å²) in [6, 6.07) is 0. The molecule has 1 unspecified atom stereocenters. The Labute approximate surface area is 163 Å². The van der Waals surface area contributed by atoms with Crippen LogP contribution in [0.3, 0.4) is 0 Å². The number of ketones is 1. The van der Waals surface area contributed by atoms with Gasteiger partial charge in [-0.2, -0.15) is 0 Å². The molecule has 0 heterocycles. The third-order valence-corrected chi connectivity index (χ3v) is 9.50. The molecule has 0 saturated heterocycles. The van der Waals surface area contributed by atoms with Crippen LogP contribution in [-0.4, -0.2) is 29.1 Å². The van der Waals surface area contributed by atoms with E-state index in [0.717, 1.165) is 32.1 Å². The van der Waals surface area contributed by atoms with E-state index < -0.39 is 0 Å². The highest BCUT2D eigenvalue weighted by molar-refractivity contribution is 5.79. The molecule has 0 amide bonds. The third-order valence-electron chi connectivity index (χ3n) is 9.50. The number of Topliss-reactive ketones (excluding diaryl/α,β-unsaturated/α-hetero) is 1. The Morgan fingerprint density at radius 2 is 1.70 bits per heavy atom. The lowest BCUT2D eigenvalue weighted by Gasteiger charge is -2.62. The van der Waals surface area contributed by atoms with E-state index in [1.807, 2.05) is 0 Å². The first-order valence-corrected chi connectivity index (χ1v) is 11.0. The molecule has 0 aliphatic heterocycles. The molecule has 152 valence electrons. The summed E-state index contributed by atoms with van der Waals surface area (Å²) in [5.41, 5.74) is 0.116. The molecule has 0 spiro atoms. The molecule has 1 N–H and O–H groups in total. The number of carbonyl (C=O) groups excluding carboxylic acids is 2. The second-order valence-corrected chi connectivity index (χ2v) is 10.5. The predicted octanol–water partition coefficient (Wildman–Crippen LogP) is 4.14. The summed E-state index contributed by atoms with van der Waals surface area (Å²) < 4.78 is 5.83. The average Bonchev–Trinajstić information content (AvgIpc) is 2.93. The largest absolute Gasteiger partial charge is 0.462 e. The van der Waals surface area contributed by atoms with Crippen LogP contribution in [-0.2, 0) is 14.3 Å². The fourth-order valence-electron chi connectivity index (χ4n) is 8.31. The fourth-order valence-corrected chi connectivity index (χ4v) is 8.31. The van der Waals surface area contributed by atoms with Crippen LogP contribution in [0, 0.1) is 40.4 Å². The fraction of sp³-hybridized carbons (Fsp3) is 0.913. The molecule has 4 rings (SSSR count). The summed E-state index contributed by atoms with van der Waals surface area (Å²) in [6.07, 6.45) is 7.67. The SMILES string of the molecule is CC(=O)OC1C[C@@H](O)C[C@@H]2CC[C@@H]3[C@@H]4CC[C@H](C(C)=O)[C@@]4(C)CC[C@@H]3[C@@]12C. The number of rotatable bonds is 2. The summed E-state index contributed by atoms with van der Waals surface area (Å²) in [4.78, 5) is 24.1. The molecule has 9 atom stereocenters. The number of fused-ring (bicyclic) bond motifs is 5. The Morgan fingerprint density at radius 1 is 0.963 bits per heavy atom. The highest BCUT2D eigenvalue weighted by atomic mass is 16.5. The topological polar surface area (TPSA) is 63.6 Å².